The lowest BCUT2D eigenvalue weighted by Gasteiger charge is -2.04. The summed E-state index contributed by atoms with van der Waals surface area (Å²) in [5, 5.41) is 1.12. The van der Waals surface area contributed by atoms with Gasteiger partial charge in [-0.3, -0.25) is 9.59 Å². The van der Waals surface area contributed by atoms with Crippen LogP contribution in [0.1, 0.15) is 28.0 Å². The number of rotatable bonds is 4. The zero-order valence-corrected chi connectivity index (χ0v) is 12.8. The van der Waals surface area contributed by atoms with Gasteiger partial charge in [0.25, 0.3) is 5.56 Å². The van der Waals surface area contributed by atoms with E-state index in [1.54, 1.807) is 24.3 Å². The molecule has 0 aliphatic heterocycles. The zero-order chi connectivity index (χ0) is 14.8. The third-order valence-electron chi connectivity index (χ3n) is 3.43. The summed E-state index contributed by atoms with van der Waals surface area (Å²) in [5.74, 6) is 0.225. The third kappa shape index (κ3) is 3.19. The lowest BCUT2D eigenvalue weighted by molar-refractivity contribution is 0.102. The molecule has 0 radical (unpaired) electrons. The van der Waals surface area contributed by atoms with Crippen LogP contribution in [-0.4, -0.2) is 21.5 Å². The molecule has 0 bridgehead atoms. The number of Topliss-reactive ketones (excluding diaryl/α,β-unsaturated/α-hetero) is 1. The third-order valence-corrected chi connectivity index (χ3v) is 4.55. The fourth-order valence-electron chi connectivity index (χ4n) is 2.34. The number of hydrogen-bond acceptors (Lipinski definition) is 4. The van der Waals surface area contributed by atoms with Gasteiger partial charge in [-0.25, -0.2) is 4.98 Å². The Morgan fingerprint density at radius 1 is 1.29 bits per heavy atom. The van der Waals surface area contributed by atoms with Crippen molar-refractivity contribution in [1.29, 1.82) is 0 Å². The molecular weight excluding hydrogens is 308 g/mol. The van der Waals surface area contributed by atoms with E-state index in [1.807, 2.05) is 0 Å². The molecule has 1 aromatic heterocycles. The Morgan fingerprint density at radius 2 is 2.05 bits per heavy atom. The Morgan fingerprint density at radius 3 is 2.81 bits per heavy atom. The van der Waals surface area contributed by atoms with Gasteiger partial charge in [-0.05, 0) is 43.5 Å². The molecule has 1 N–H and O–H groups in total. The van der Waals surface area contributed by atoms with Crippen molar-refractivity contribution in [2.75, 3.05) is 5.75 Å². The van der Waals surface area contributed by atoms with Gasteiger partial charge in [0.2, 0.25) is 0 Å². The molecule has 0 amide bonds. The second-order valence-corrected chi connectivity index (χ2v) is 6.27. The summed E-state index contributed by atoms with van der Waals surface area (Å²) in [6.45, 7) is 0. The number of aromatic amines is 1. The van der Waals surface area contributed by atoms with Crippen molar-refractivity contribution in [2.24, 2.45) is 0 Å². The minimum Gasteiger partial charge on any atom is -0.301 e. The van der Waals surface area contributed by atoms with Crippen LogP contribution in [0.3, 0.4) is 0 Å². The lowest BCUT2D eigenvalue weighted by Crippen LogP contribution is -2.15. The Kier molecular flexibility index (Phi) is 4.12. The van der Waals surface area contributed by atoms with Crippen LogP contribution >= 0.6 is 23.4 Å². The van der Waals surface area contributed by atoms with Crippen molar-refractivity contribution in [1.82, 2.24) is 9.97 Å². The first-order chi connectivity index (χ1) is 10.1. The molecular formula is C15H13ClN2O2S. The van der Waals surface area contributed by atoms with Gasteiger partial charge in [-0.1, -0.05) is 23.4 Å². The van der Waals surface area contributed by atoms with E-state index in [0.29, 0.717) is 15.7 Å². The van der Waals surface area contributed by atoms with Crippen molar-refractivity contribution in [3.05, 3.63) is 56.5 Å². The van der Waals surface area contributed by atoms with Crippen LogP contribution in [0.5, 0.6) is 0 Å². The molecule has 1 aliphatic carbocycles. The van der Waals surface area contributed by atoms with E-state index in [0.717, 1.165) is 30.5 Å². The van der Waals surface area contributed by atoms with Gasteiger partial charge in [-0.2, -0.15) is 0 Å². The molecule has 3 rings (SSSR count). The molecule has 0 saturated heterocycles. The van der Waals surface area contributed by atoms with Crippen LogP contribution in [-0.2, 0) is 12.8 Å². The van der Waals surface area contributed by atoms with E-state index in [4.69, 9.17) is 11.6 Å². The molecule has 0 saturated carbocycles. The maximum atomic E-state index is 12.1. The number of carbonyl (C=O) groups excluding carboxylic acids is 1. The monoisotopic (exact) mass is 320 g/mol. The molecule has 108 valence electrons. The van der Waals surface area contributed by atoms with E-state index in [9.17, 15) is 9.59 Å². The van der Waals surface area contributed by atoms with E-state index in [1.165, 1.54) is 11.8 Å². The van der Waals surface area contributed by atoms with Gasteiger partial charge >= 0.3 is 0 Å². The smallest absolute Gasteiger partial charge is 0.254 e. The standard InChI is InChI=1S/C15H13ClN2O2S/c16-10-6-4-9(5-7-10)13(19)8-21-15-17-12-3-1-2-11(12)14(20)18-15/h4-7H,1-3,8H2,(H,17,18,20). The van der Waals surface area contributed by atoms with Gasteiger partial charge in [0.05, 0.1) is 11.4 Å². The van der Waals surface area contributed by atoms with E-state index in [2.05, 4.69) is 9.97 Å². The highest BCUT2D eigenvalue weighted by Crippen LogP contribution is 2.20. The first-order valence-corrected chi connectivity index (χ1v) is 8.03. The maximum absolute atomic E-state index is 12.1. The fourth-order valence-corrected chi connectivity index (χ4v) is 3.24. The Balaban J connectivity index is 1.70. The number of benzene rings is 1. The van der Waals surface area contributed by atoms with Crippen molar-refractivity contribution < 1.29 is 4.79 Å². The first kappa shape index (κ1) is 14.4. The number of aryl methyl sites for hydroxylation is 1. The van der Waals surface area contributed by atoms with Crippen molar-refractivity contribution in [3.63, 3.8) is 0 Å². The molecule has 6 heteroatoms. The summed E-state index contributed by atoms with van der Waals surface area (Å²) in [4.78, 5) is 31.1. The first-order valence-electron chi connectivity index (χ1n) is 6.67. The van der Waals surface area contributed by atoms with Crippen LogP contribution in [0.15, 0.2) is 34.2 Å². The highest BCUT2D eigenvalue weighted by Gasteiger charge is 2.17. The predicted octanol–water partition coefficient (Wildman–Crippen LogP) is 2.89. The minimum atomic E-state index is -0.0704. The average molecular weight is 321 g/mol. The SMILES string of the molecule is O=C(CSc1nc2c(c(=O)[nH]1)CCC2)c1ccc(Cl)cc1. The van der Waals surface area contributed by atoms with Crippen molar-refractivity contribution in [3.8, 4) is 0 Å². The highest BCUT2D eigenvalue weighted by molar-refractivity contribution is 7.99. The normalized spacial score (nSPS) is 13.2. The molecule has 4 nitrogen and oxygen atoms in total. The number of nitrogens with one attached hydrogen (secondary N) is 1. The molecule has 0 atom stereocenters. The summed E-state index contributed by atoms with van der Waals surface area (Å²) in [6, 6.07) is 6.78. The zero-order valence-electron chi connectivity index (χ0n) is 11.2. The molecule has 1 aromatic carbocycles. The fraction of sp³-hybridized carbons (Fsp3) is 0.267. The summed E-state index contributed by atoms with van der Waals surface area (Å²) in [7, 11) is 0. The molecule has 21 heavy (non-hydrogen) atoms. The second-order valence-electron chi connectivity index (χ2n) is 4.87. The van der Waals surface area contributed by atoms with Crippen molar-refractivity contribution >= 4 is 29.1 Å². The van der Waals surface area contributed by atoms with Gasteiger partial charge in [0, 0.05) is 16.1 Å². The summed E-state index contributed by atoms with van der Waals surface area (Å²) in [5.41, 5.74) is 2.21. The topological polar surface area (TPSA) is 62.8 Å². The van der Waals surface area contributed by atoms with E-state index in [-0.39, 0.29) is 17.1 Å². The maximum Gasteiger partial charge on any atom is 0.254 e. The molecule has 0 unspecified atom stereocenters. The minimum absolute atomic E-state index is 0.0141. The summed E-state index contributed by atoms with van der Waals surface area (Å²) >= 11 is 7.05. The highest BCUT2D eigenvalue weighted by atomic mass is 35.5. The van der Waals surface area contributed by atoms with Gasteiger partial charge in [-0.15, -0.1) is 0 Å². The van der Waals surface area contributed by atoms with Crippen molar-refractivity contribution in [2.45, 2.75) is 24.4 Å². The largest absolute Gasteiger partial charge is 0.301 e. The van der Waals surface area contributed by atoms with Crippen LogP contribution in [0.25, 0.3) is 0 Å². The number of fused-ring (bicyclic) bond motifs is 1. The van der Waals surface area contributed by atoms with Crippen LogP contribution in [0.4, 0.5) is 0 Å². The molecule has 1 heterocycles. The molecule has 1 aliphatic rings. The van der Waals surface area contributed by atoms with Crippen LogP contribution in [0.2, 0.25) is 5.02 Å². The number of nitrogens with zero attached hydrogens (tertiary/aromatic N) is 1. The number of halogens is 1. The molecule has 0 fully saturated rings. The van der Waals surface area contributed by atoms with E-state index < -0.39 is 0 Å². The summed E-state index contributed by atoms with van der Waals surface area (Å²) < 4.78 is 0. The molecule has 2 aromatic rings. The summed E-state index contributed by atoms with van der Waals surface area (Å²) in [6.07, 6.45) is 2.62. The number of ketones is 1. The lowest BCUT2D eigenvalue weighted by atomic mass is 10.1. The average Bonchev–Trinajstić information content (AvgIpc) is 2.94. The van der Waals surface area contributed by atoms with Gasteiger partial charge in [0.1, 0.15) is 0 Å². The number of H-pyrrole nitrogens is 1. The van der Waals surface area contributed by atoms with Gasteiger partial charge in [0.15, 0.2) is 10.9 Å². The Labute approximate surface area is 130 Å². The number of aromatic nitrogens is 2. The predicted molar refractivity (Wildman–Crippen MR) is 83.4 cm³/mol. The van der Waals surface area contributed by atoms with Gasteiger partial charge < -0.3 is 4.98 Å². The Bertz CT molecular complexity index is 740. The van der Waals surface area contributed by atoms with E-state index >= 15 is 0 Å². The quantitative estimate of drug-likeness (QED) is 0.534. The van der Waals surface area contributed by atoms with Crippen LogP contribution in [0, 0.1) is 0 Å². The Hall–Kier alpha value is -1.59. The number of carbonyl (C=O) groups is 1. The number of thioether (sulfide) groups is 1. The number of hydrogen-bond donors (Lipinski definition) is 1. The van der Waals surface area contributed by atoms with Crippen LogP contribution < -0.4 is 5.56 Å². The molecule has 0 spiro atoms. The second kappa shape index (κ2) is 6.03.